The number of aromatic amines is 1. The van der Waals surface area contributed by atoms with Crippen LogP contribution in [-0.4, -0.2) is 67.0 Å². The smallest absolute Gasteiger partial charge is 0.267 e. The summed E-state index contributed by atoms with van der Waals surface area (Å²) in [4.78, 5) is 19.9. The average Bonchev–Trinajstić information content (AvgIpc) is 3.28. The van der Waals surface area contributed by atoms with Crippen LogP contribution in [0, 0.1) is 0 Å². The molecule has 4 rings (SSSR count). The lowest BCUT2D eigenvalue weighted by atomic mass is 10.1. The summed E-state index contributed by atoms with van der Waals surface area (Å²) in [5.74, 6) is 0.533. The molecule has 176 valence electrons. The first-order chi connectivity index (χ1) is 16.0. The number of aromatic nitrogens is 1. The number of piperazine rings is 1. The third-order valence-electron chi connectivity index (χ3n) is 6.24. The monoisotopic (exact) mass is 470 g/mol. The fraction of sp³-hybridized carbons (Fsp3) is 0.400. The molecule has 3 N–H and O–H groups in total. The maximum absolute atomic E-state index is 12.4. The Bertz CT molecular complexity index is 1080. The second-order valence-electron chi connectivity index (χ2n) is 8.30. The number of H-pyrrole nitrogens is 1. The minimum absolute atomic E-state index is 0.164. The number of hydrogen-bond donors (Lipinski definition) is 3. The normalized spacial score (nSPS) is 15.6. The first kappa shape index (κ1) is 23.4. The minimum atomic E-state index is -0.609. The zero-order valence-electron chi connectivity index (χ0n) is 19.1. The van der Waals surface area contributed by atoms with Crippen molar-refractivity contribution in [2.45, 2.75) is 26.0 Å². The number of ether oxygens (including phenoxy) is 1. The molecule has 1 aliphatic rings. The van der Waals surface area contributed by atoms with Gasteiger partial charge in [-0.05, 0) is 36.2 Å². The Kier molecular flexibility index (Phi) is 7.42. The van der Waals surface area contributed by atoms with Crippen LogP contribution in [0.4, 0.5) is 5.69 Å². The number of methoxy groups -OCH3 is 1. The number of para-hydroxylation sites is 1. The number of amides is 1. The molecule has 0 radical (unpaired) electrons. The van der Waals surface area contributed by atoms with Crippen molar-refractivity contribution in [3.8, 4) is 5.75 Å². The van der Waals surface area contributed by atoms with Crippen molar-refractivity contribution in [2.75, 3.05) is 44.7 Å². The predicted molar refractivity (Wildman–Crippen MR) is 132 cm³/mol. The van der Waals surface area contributed by atoms with E-state index in [-0.39, 0.29) is 5.91 Å². The predicted octanol–water partition coefficient (Wildman–Crippen LogP) is 3.65. The summed E-state index contributed by atoms with van der Waals surface area (Å²) in [7, 11) is 1.64. The lowest BCUT2D eigenvalue weighted by Crippen LogP contribution is -2.51. The molecular weight excluding hydrogens is 440 g/mol. The molecule has 0 aliphatic carbocycles. The van der Waals surface area contributed by atoms with Gasteiger partial charge in [0.2, 0.25) is 0 Å². The lowest BCUT2D eigenvalue weighted by Gasteiger charge is -2.39. The number of carbonyl (C=O) groups excluding carboxylic acids is 1. The van der Waals surface area contributed by atoms with E-state index < -0.39 is 6.23 Å². The van der Waals surface area contributed by atoms with Gasteiger partial charge in [0.15, 0.2) is 5.75 Å². The molecular formula is C25H31ClN4O3. The van der Waals surface area contributed by atoms with Crippen molar-refractivity contribution in [2.24, 2.45) is 0 Å². The van der Waals surface area contributed by atoms with E-state index in [0.29, 0.717) is 42.5 Å². The van der Waals surface area contributed by atoms with Crippen LogP contribution >= 0.6 is 11.6 Å². The molecule has 3 aromatic rings. The Morgan fingerprint density at radius 3 is 2.67 bits per heavy atom. The number of rotatable bonds is 8. The van der Waals surface area contributed by atoms with Crippen molar-refractivity contribution >= 4 is 34.1 Å². The van der Waals surface area contributed by atoms with Gasteiger partial charge in [0.05, 0.1) is 17.8 Å². The number of carbonyl (C=O) groups is 1. The van der Waals surface area contributed by atoms with Gasteiger partial charge in [0, 0.05) is 50.0 Å². The number of anilines is 1. The van der Waals surface area contributed by atoms with Crippen molar-refractivity contribution in [1.82, 2.24) is 15.2 Å². The number of hydrogen-bond acceptors (Lipinski definition) is 5. The van der Waals surface area contributed by atoms with Crippen molar-refractivity contribution in [3.63, 3.8) is 0 Å². The summed E-state index contributed by atoms with van der Waals surface area (Å²) < 4.78 is 5.55. The Morgan fingerprint density at radius 1 is 1.21 bits per heavy atom. The fourth-order valence-electron chi connectivity index (χ4n) is 4.32. The highest BCUT2D eigenvalue weighted by Crippen LogP contribution is 2.37. The van der Waals surface area contributed by atoms with Gasteiger partial charge < -0.3 is 25.0 Å². The molecule has 1 amide bonds. The van der Waals surface area contributed by atoms with Crippen molar-refractivity contribution < 1.29 is 14.6 Å². The Hall–Kier alpha value is -2.74. The molecule has 2 heterocycles. The number of aryl methyl sites for hydroxylation is 1. The molecule has 1 atom stereocenters. The zero-order chi connectivity index (χ0) is 23.4. The number of halogens is 1. The molecule has 33 heavy (non-hydrogen) atoms. The van der Waals surface area contributed by atoms with Gasteiger partial charge in [-0.15, -0.1) is 0 Å². The number of nitrogens with zero attached hydrogens (tertiary/aromatic N) is 2. The number of aliphatic hydroxyl groups excluding tert-OH is 1. The van der Waals surface area contributed by atoms with E-state index in [1.807, 2.05) is 41.3 Å². The molecule has 2 aromatic carbocycles. The molecule has 0 bridgehead atoms. The Morgan fingerprint density at radius 2 is 1.97 bits per heavy atom. The molecule has 8 heteroatoms. The second kappa shape index (κ2) is 10.5. The molecule has 1 unspecified atom stereocenters. The molecule has 0 saturated carbocycles. The highest BCUT2D eigenvalue weighted by atomic mass is 35.5. The topological polar surface area (TPSA) is 80.8 Å². The molecule has 1 saturated heterocycles. The molecule has 7 nitrogen and oxygen atoms in total. The molecule has 1 fully saturated rings. The minimum Gasteiger partial charge on any atom is -0.493 e. The van der Waals surface area contributed by atoms with E-state index >= 15 is 0 Å². The summed E-state index contributed by atoms with van der Waals surface area (Å²) in [6.07, 6.45) is 0.758. The van der Waals surface area contributed by atoms with Crippen LogP contribution in [0.2, 0.25) is 5.02 Å². The van der Waals surface area contributed by atoms with Crippen LogP contribution in [-0.2, 0) is 6.42 Å². The van der Waals surface area contributed by atoms with E-state index in [1.54, 1.807) is 7.11 Å². The highest BCUT2D eigenvalue weighted by Gasteiger charge is 2.25. The van der Waals surface area contributed by atoms with E-state index in [0.717, 1.165) is 36.1 Å². The maximum Gasteiger partial charge on any atom is 0.267 e. The molecule has 1 aromatic heterocycles. The van der Waals surface area contributed by atoms with Crippen LogP contribution in [0.15, 0.2) is 42.5 Å². The van der Waals surface area contributed by atoms with Crippen LogP contribution < -0.4 is 15.0 Å². The third kappa shape index (κ3) is 5.27. The highest BCUT2D eigenvalue weighted by molar-refractivity contribution is 6.32. The largest absolute Gasteiger partial charge is 0.493 e. The number of fused-ring (bicyclic) bond motifs is 1. The zero-order valence-corrected chi connectivity index (χ0v) is 19.9. The summed E-state index contributed by atoms with van der Waals surface area (Å²) in [5, 5.41) is 15.2. The Balaban J connectivity index is 1.28. The van der Waals surface area contributed by atoms with E-state index in [9.17, 15) is 9.90 Å². The average molecular weight is 471 g/mol. The van der Waals surface area contributed by atoms with Gasteiger partial charge in [0.1, 0.15) is 11.9 Å². The number of nitrogens with one attached hydrogen (secondary N) is 2. The lowest BCUT2D eigenvalue weighted by molar-refractivity contribution is -0.00483. The third-order valence-corrected chi connectivity index (χ3v) is 6.52. The van der Waals surface area contributed by atoms with E-state index in [4.69, 9.17) is 16.3 Å². The van der Waals surface area contributed by atoms with E-state index in [2.05, 4.69) is 28.2 Å². The SMILES string of the molecule is CCc1cc(Cl)c(OC)c(N2CCN(C(O)CCNC(=O)c3cc4ccccc4[nH]3)CC2)c1. The summed E-state index contributed by atoms with van der Waals surface area (Å²) in [5.41, 5.74) is 3.63. The number of aliphatic hydroxyl groups is 1. The van der Waals surface area contributed by atoms with Crippen molar-refractivity contribution in [1.29, 1.82) is 0 Å². The van der Waals surface area contributed by atoms with Crippen LogP contribution in [0.3, 0.4) is 0 Å². The summed E-state index contributed by atoms with van der Waals surface area (Å²) in [6, 6.07) is 13.7. The first-order valence-electron chi connectivity index (χ1n) is 11.4. The van der Waals surface area contributed by atoms with Crippen LogP contribution in [0.5, 0.6) is 5.75 Å². The van der Waals surface area contributed by atoms with Crippen LogP contribution in [0.1, 0.15) is 29.4 Å². The maximum atomic E-state index is 12.4. The van der Waals surface area contributed by atoms with Gasteiger partial charge in [0.25, 0.3) is 5.91 Å². The number of benzene rings is 2. The molecule has 0 spiro atoms. The van der Waals surface area contributed by atoms with Crippen molar-refractivity contribution in [3.05, 3.63) is 58.7 Å². The second-order valence-corrected chi connectivity index (χ2v) is 8.71. The van der Waals surface area contributed by atoms with E-state index in [1.165, 1.54) is 5.56 Å². The quantitative estimate of drug-likeness (QED) is 0.468. The van der Waals surface area contributed by atoms with Crippen LogP contribution in [0.25, 0.3) is 10.9 Å². The molecule has 1 aliphatic heterocycles. The Labute approximate surface area is 199 Å². The summed E-state index contributed by atoms with van der Waals surface area (Å²) >= 11 is 6.42. The first-order valence-corrected chi connectivity index (χ1v) is 11.8. The standard InChI is InChI=1S/C25H31ClN4O3/c1-3-17-14-19(26)24(33-2)22(15-17)29-10-12-30(13-11-29)23(31)8-9-27-25(32)21-16-18-6-4-5-7-20(18)28-21/h4-7,14-16,23,28,31H,3,8-13H2,1-2H3,(H,27,32). The van der Waals surface area contributed by atoms with Gasteiger partial charge in [-0.3, -0.25) is 9.69 Å². The van der Waals surface area contributed by atoms with Gasteiger partial charge >= 0.3 is 0 Å². The van der Waals surface area contributed by atoms with Gasteiger partial charge in [-0.25, -0.2) is 0 Å². The van der Waals surface area contributed by atoms with Gasteiger partial charge in [-0.2, -0.15) is 0 Å². The fourth-order valence-corrected chi connectivity index (χ4v) is 4.64. The summed E-state index contributed by atoms with van der Waals surface area (Å²) in [6.45, 7) is 5.46. The van der Waals surface area contributed by atoms with Gasteiger partial charge in [-0.1, -0.05) is 36.7 Å².